The molecule has 0 spiro atoms. The van der Waals surface area contributed by atoms with Gasteiger partial charge in [-0.3, -0.25) is 4.79 Å². The summed E-state index contributed by atoms with van der Waals surface area (Å²) in [5.41, 5.74) is 4.00. The molecule has 0 bridgehead atoms. The normalized spacial score (nSPS) is 10.2. The standard InChI is InChI=1S/C22H22N2O2/c1-17(25)24-21-13-11-20(12-14-21)23-15-19-9-5-6-10-22(19)26-16-18-7-3-2-4-8-18/h2-14,23H,15-16H2,1H3,(H,24,25). The van der Waals surface area contributed by atoms with Crippen LogP contribution in [0.2, 0.25) is 0 Å². The topological polar surface area (TPSA) is 50.4 Å². The first-order chi connectivity index (χ1) is 12.7. The summed E-state index contributed by atoms with van der Waals surface area (Å²) in [5.74, 6) is 0.800. The minimum Gasteiger partial charge on any atom is -0.489 e. The number of carbonyl (C=O) groups excluding carboxylic acids is 1. The highest BCUT2D eigenvalue weighted by Gasteiger charge is 2.04. The number of nitrogens with one attached hydrogen (secondary N) is 2. The molecule has 0 aliphatic heterocycles. The maximum Gasteiger partial charge on any atom is 0.221 e. The highest BCUT2D eigenvalue weighted by Crippen LogP contribution is 2.21. The zero-order valence-electron chi connectivity index (χ0n) is 14.7. The molecule has 4 nitrogen and oxygen atoms in total. The molecule has 3 aromatic carbocycles. The second-order valence-corrected chi connectivity index (χ2v) is 5.99. The Morgan fingerprint density at radius 3 is 2.23 bits per heavy atom. The van der Waals surface area contributed by atoms with Crippen LogP contribution in [0.3, 0.4) is 0 Å². The fraction of sp³-hybridized carbons (Fsp3) is 0.136. The van der Waals surface area contributed by atoms with Crippen LogP contribution in [-0.2, 0) is 17.9 Å². The molecule has 0 aliphatic rings. The maximum absolute atomic E-state index is 11.1. The van der Waals surface area contributed by atoms with Crippen LogP contribution in [0.4, 0.5) is 11.4 Å². The Labute approximate surface area is 153 Å². The number of hydrogen-bond acceptors (Lipinski definition) is 3. The molecule has 3 rings (SSSR count). The van der Waals surface area contributed by atoms with Crippen LogP contribution < -0.4 is 15.4 Å². The highest BCUT2D eigenvalue weighted by molar-refractivity contribution is 5.88. The van der Waals surface area contributed by atoms with Crippen LogP contribution in [0.5, 0.6) is 5.75 Å². The highest BCUT2D eigenvalue weighted by atomic mass is 16.5. The van der Waals surface area contributed by atoms with E-state index in [0.717, 1.165) is 28.3 Å². The molecule has 0 radical (unpaired) electrons. The third kappa shape index (κ3) is 5.11. The van der Waals surface area contributed by atoms with E-state index >= 15 is 0 Å². The summed E-state index contributed by atoms with van der Waals surface area (Å²) < 4.78 is 5.99. The molecule has 2 N–H and O–H groups in total. The summed E-state index contributed by atoms with van der Waals surface area (Å²) in [6.07, 6.45) is 0. The summed E-state index contributed by atoms with van der Waals surface area (Å²) in [6.45, 7) is 2.70. The lowest BCUT2D eigenvalue weighted by atomic mass is 10.2. The molecule has 0 heterocycles. The Morgan fingerprint density at radius 1 is 0.846 bits per heavy atom. The summed E-state index contributed by atoms with van der Waals surface area (Å²) in [5, 5.41) is 6.15. The number of hydrogen-bond donors (Lipinski definition) is 2. The SMILES string of the molecule is CC(=O)Nc1ccc(NCc2ccccc2OCc2ccccc2)cc1. The maximum atomic E-state index is 11.1. The Morgan fingerprint density at radius 2 is 1.50 bits per heavy atom. The molecular weight excluding hydrogens is 324 g/mol. The Balaban J connectivity index is 1.60. The van der Waals surface area contributed by atoms with Gasteiger partial charge in [-0.1, -0.05) is 48.5 Å². The van der Waals surface area contributed by atoms with Crippen LogP contribution in [0.15, 0.2) is 78.9 Å². The van der Waals surface area contributed by atoms with Crippen LogP contribution in [-0.4, -0.2) is 5.91 Å². The minimum atomic E-state index is -0.0739. The molecule has 3 aromatic rings. The third-order valence-electron chi connectivity index (χ3n) is 3.90. The van der Waals surface area contributed by atoms with Gasteiger partial charge in [-0.25, -0.2) is 0 Å². The Kier molecular flexibility index (Phi) is 5.88. The lowest BCUT2D eigenvalue weighted by Gasteiger charge is -2.13. The van der Waals surface area contributed by atoms with E-state index in [0.29, 0.717) is 13.2 Å². The molecule has 1 amide bonds. The van der Waals surface area contributed by atoms with E-state index in [1.807, 2.05) is 60.7 Å². The Hall–Kier alpha value is -3.27. The third-order valence-corrected chi connectivity index (χ3v) is 3.90. The van der Waals surface area contributed by atoms with Gasteiger partial charge in [0.2, 0.25) is 5.91 Å². The van der Waals surface area contributed by atoms with Gasteiger partial charge in [-0.05, 0) is 35.9 Å². The van der Waals surface area contributed by atoms with E-state index in [1.165, 1.54) is 6.92 Å². The van der Waals surface area contributed by atoms with Gasteiger partial charge in [0.25, 0.3) is 0 Å². The average Bonchev–Trinajstić information content (AvgIpc) is 2.67. The number of carbonyl (C=O) groups is 1. The lowest BCUT2D eigenvalue weighted by Crippen LogP contribution is -2.06. The van der Waals surface area contributed by atoms with Gasteiger partial charge in [-0.15, -0.1) is 0 Å². The second-order valence-electron chi connectivity index (χ2n) is 5.99. The summed E-state index contributed by atoms with van der Waals surface area (Å²) in [6, 6.07) is 25.8. The number of rotatable bonds is 7. The lowest BCUT2D eigenvalue weighted by molar-refractivity contribution is -0.114. The molecule has 0 aliphatic carbocycles. The van der Waals surface area contributed by atoms with Gasteiger partial charge < -0.3 is 15.4 Å². The van der Waals surface area contributed by atoms with E-state index in [-0.39, 0.29) is 5.91 Å². The summed E-state index contributed by atoms with van der Waals surface area (Å²) in [4.78, 5) is 11.1. The van der Waals surface area contributed by atoms with Crippen molar-refractivity contribution in [2.45, 2.75) is 20.1 Å². The van der Waals surface area contributed by atoms with E-state index in [2.05, 4.69) is 28.8 Å². The molecule has 0 unspecified atom stereocenters. The van der Waals surface area contributed by atoms with Crippen LogP contribution in [0.1, 0.15) is 18.1 Å². The predicted octanol–water partition coefficient (Wildman–Crippen LogP) is 4.84. The van der Waals surface area contributed by atoms with Crippen molar-refractivity contribution in [2.75, 3.05) is 10.6 Å². The fourth-order valence-electron chi connectivity index (χ4n) is 2.60. The molecular formula is C22H22N2O2. The number of ether oxygens (including phenoxy) is 1. The smallest absolute Gasteiger partial charge is 0.221 e. The summed E-state index contributed by atoms with van der Waals surface area (Å²) in [7, 11) is 0. The molecule has 0 saturated heterocycles. The van der Waals surface area contributed by atoms with Crippen LogP contribution in [0.25, 0.3) is 0 Å². The van der Waals surface area contributed by atoms with Crippen molar-refractivity contribution in [1.29, 1.82) is 0 Å². The van der Waals surface area contributed by atoms with Crippen LogP contribution in [0, 0.1) is 0 Å². The molecule has 0 atom stereocenters. The van der Waals surface area contributed by atoms with Crippen LogP contribution >= 0.6 is 0 Å². The van der Waals surface area contributed by atoms with Crippen molar-refractivity contribution < 1.29 is 9.53 Å². The molecule has 0 saturated carbocycles. The van der Waals surface area contributed by atoms with Gasteiger partial charge in [0.15, 0.2) is 0 Å². The average molecular weight is 346 g/mol. The fourth-order valence-corrected chi connectivity index (χ4v) is 2.60. The number of anilines is 2. The number of benzene rings is 3. The Bertz CT molecular complexity index is 846. The van der Waals surface area contributed by atoms with Crippen molar-refractivity contribution in [1.82, 2.24) is 0 Å². The van der Waals surface area contributed by atoms with E-state index < -0.39 is 0 Å². The van der Waals surface area contributed by atoms with Crippen molar-refractivity contribution in [2.24, 2.45) is 0 Å². The van der Waals surface area contributed by atoms with E-state index in [9.17, 15) is 4.79 Å². The van der Waals surface area contributed by atoms with Crippen molar-refractivity contribution in [3.05, 3.63) is 90.0 Å². The summed E-state index contributed by atoms with van der Waals surface area (Å²) >= 11 is 0. The molecule has 0 aromatic heterocycles. The first-order valence-corrected chi connectivity index (χ1v) is 8.57. The van der Waals surface area contributed by atoms with Gasteiger partial charge in [-0.2, -0.15) is 0 Å². The number of para-hydroxylation sites is 1. The first kappa shape index (κ1) is 17.5. The van der Waals surface area contributed by atoms with Gasteiger partial charge >= 0.3 is 0 Å². The van der Waals surface area contributed by atoms with E-state index in [4.69, 9.17) is 4.74 Å². The zero-order valence-corrected chi connectivity index (χ0v) is 14.7. The molecule has 4 heteroatoms. The van der Waals surface area contributed by atoms with Crippen molar-refractivity contribution in [3.8, 4) is 5.75 Å². The van der Waals surface area contributed by atoms with Gasteiger partial charge in [0.1, 0.15) is 12.4 Å². The van der Waals surface area contributed by atoms with Gasteiger partial charge in [0.05, 0.1) is 0 Å². The quantitative estimate of drug-likeness (QED) is 0.644. The van der Waals surface area contributed by atoms with Gasteiger partial charge in [0, 0.05) is 30.4 Å². The minimum absolute atomic E-state index is 0.0739. The zero-order chi connectivity index (χ0) is 18.2. The molecule has 0 fully saturated rings. The second kappa shape index (κ2) is 8.72. The first-order valence-electron chi connectivity index (χ1n) is 8.57. The molecule has 132 valence electrons. The van der Waals surface area contributed by atoms with E-state index in [1.54, 1.807) is 0 Å². The molecule has 26 heavy (non-hydrogen) atoms. The van der Waals surface area contributed by atoms with Crippen molar-refractivity contribution >= 4 is 17.3 Å². The largest absolute Gasteiger partial charge is 0.489 e. The van der Waals surface area contributed by atoms with Crippen molar-refractivity contribution in [3.63, 3.8) is 0 Å². The number of amides is 1. The monoisotopic (exact) mass is 346 g/mol. The predicted molar refractivity (Wildman–Crippen MR) is 105 cm³/mol.